The van der Waals surface area contributed by atoms with Gasteiger partial charge in [-0.05, 0) is 13.8 Å². The molecular weight excluding hydrogens is 823 g/mol. The maximum absolute atomic E-state index is 12.7. The van der Waals surface area contributed by atoms with Gasteiger partial charge in [-0.3, -0.25) is 37.3 Å². The number of aliphatic hydroxyl groups excluding tert-OH is 2. The SMILES string of the molecule is CC(=O)CC(=O)SCCNC(=O)CCNC(=O)C(O)C(C)(C)COP(=O)(O)OP(=O)(O)OCC1OC(C)(n2cnc3c(N)ncnc32)C(O)C1OP(=O)(O)O. The number of phosphoric acid groups is 3. The van der Waals surface area contributed by atoms with Gasteiger partial charge in [0, 0.05) is 30.7 Å². The number of nitrogens with zero attached hydrogens (tertiary/aromatic N) is 4. The maximum Gasteiger partial charge on any atom is 0.481 e. The molecule has 3 rings (SSSR count). The number of carbonyl (C=O) groups excluding carboxylic acids is 4. The van der Waals surface area contributed by atoms with E-state index in [0.29, 0.717) is 0 Å². The first-order valence-electron chi connectivity index (χ1n) is 15.8. The summed E-state index contributed by atoms with van der Waals surface area (Å²) in [5.74, 6) is -1.62. The molecule has 1 fully saturated rings. The molecule has 29 heteroatoms. The number of anilines is 1. The Morgan fingerprint density at radius 3 is 2.36 bits per heavy atom. The Hall–Kier alpha value is -2.77. The van der Waals surface area contributed by atoms with Gasteiger partial charge < -0.3 is 50.9 Å². The fourth-order valence-corrected chi connectivity index (χ4v) is 8.42. The van der Waals surface area contributed by atoms with Crippen molar-refractivity contribution in [3.8, 4) is 0 Å². The molecule has 10 N–H and O–H groups in total. The van der Waals surface area contributed by atoms with E-state index in [1.807, 2.05) is 0 Å². The maximum atomic E-state index is 12.7. The van der Waals surface area contributed by atoms with Crippen LogP contribution in [0.2, 0.25) is 0 Å². The summed E-state index contributed by atoms with van der Waals surface area (Å²) in [7, 11) is -16.5. The molecule has 25 nitrogen and oxygen atoms in total. The number of aromatic nitrogens is 4. The number of hydrogen-bond acceptors (Lipinski definition) is 19. The van der Waals surface area contributed by atoms with E-state index in [-0.39, 0.29) is 59.6 Å². The number of carbonyl (C=O) groups is 4. The highest BCUT2D eigenvalue weighted by atomic mass is 32.2. The topological polar surface area (TPSA) is 381 Å². The first-order valence-corrected chi connectivity index (χ1v) is 21.3. The number of phosphoric ester groups is 3. The monoisotopic (exact) mass is 865 g/mol. The van der Waals surface area contributed by atoms with Crippen LogP contribution in [0.5, 0.6) is 0 Å². The van der Waals surface area contributed by atoms with Crippen LogP contribution in [0, 0.1) is 5.41 Å². The second kappa shape index (κ2) is 18.7. The summed E-state index contributed by atoms with van der Waals surface area (Å²) in [4.78, 5) is 98.1. The molecule has 0 aromatic carbocycles. The highest BCUT2D eigenvalue weighted by Crippen LogP contribution is 2.61. The van der Waals surface area contributed by atoms with Crippen LogP contribution in [0.3, 0.4) is 0 Å². The number of fused-ring (bicyclic) bond motifs is 1. The Morgan fingerprint density at radius 1 is 1.07 bits per heavy atom. The van der Waals surface area contributed by atoms with Gasteiger partial charge >= 0.3 is 23.5 Å². The van der Waals surface area contributed by atoms with Crippen molar-refractivity contribution in [3.63, 3.8) is 0 Å². The molecule has 1 aliphatic heterocycles. The van der Waals surface area contributed by atoms with E-state index >= 15 is 0 Å². The minimum Gasteiger partial charge on any atom is -0.385 e. The lowest BCUT2D eigenvalue weighted by Crippen LogP contribution is -2.46. The Kier molecular flexibility index (Phi) is 15.8. The van der Waals surface area contributed by atoms with Gasteiger partial charge in [-0.15, -0.1) is 0 Å². The van der Waals surface area contributed by atoms with Gasteiger partial charge in [-0.2, -0.15) is 4.31 Å². The van der Waals surface area contributed by atoms with Gasteiger partial charge in [0.15, 0.2) is 22.3 Å². The molecule has 310 valence electrons. The second-order valence-electron chi connectivity index (χ2n) is 12.7. The summed E-state index contributed by atoms with van der Waals surface area (Å²) >= 11 is 0.878. The largest absolute Gasteiger partial charge is 0.481 e. The zero-order valence-electron chi connectivity index (χ0n) is 29.6. The number of hydrogen-bond donors (Lipinski definition) is 9. The van der Waals surface area contributed by atoms with Crippen LogP contribution in [0.4, 0.5) is 5.82 Å². The van der Waals surface area contributed by atoms with E-state index in [1.54, 1.807) is 0 Å². The lowest BCUT2D eigenvalue weighted by molar-refractivity contribution is -0.137. The summed E-state index contributed by atoms with van der Waals surface area (Å²) < 4.78 is 62.5. The minimum atomic E-state index is -5.60. The van der Waals surface area contributed by atoms with Crippen LogP contribution in [0.25, 0.3) is 11.2 Å². The molecule has 0 aliphatic carbocycles. The second-order valence-corrected chi connectivity index (χ2v) is 18.1. The number of ketones is 1. The lowest BCUT2D eigenvalue weighted by Gasteiger charge is -2.30. The summed E-state index contributed by atoms with van der Waals surface area (Å²) in [6.45, 7) is 2.79. The predicted octanol–water partition coefficient (Wildman–Crippen LogP) is -1.18. The van der Waals surface area contributed by atoms with E-state index in [0.717, 1.165) is 29.0 Å². The molecule has 0 radical (unpaired) electrons. The average Bonchev–Trinajstić information content (AvgIpc) is 3.60. The fourth-order valence-electron chi connectivity index (χ4n) is 4.86. The van der Waals surface area contributed by atoms with Crippen molar-refractivity contribution in [3.05, 3.63) is 12.7 Å². The lowest BCUT2D eigenvalue weighted by atomic mass is 9.87. The van der Waals surface area contributed by atoms with Crippen molar-refractivity contribution in [1.29, 1.82) is 0 Å². The van der Waals surface area contributed by atoms with Crippen molar-refractivity contribution < 1.29 is 85.3 Å². The number of nitrogens with two attached hydrogens (primary N) is 1. The Bertz CT molecular complexity index is 1880. The summed E-state index contributed by atoms with van der Waals surface area (Å²) in [5, 5.41) is 26.1. The molecule has 2 aromatic rings. The Morgan fingerprint density at radius 2 is 1.73 bits per heavy atom. The van der Waals surface area contributed by atoms with E-state index in [1.165, 1.54) is 27.7 Å². The third-order valence-corrected chi connectivity index (χ3v) is 11.6. The predicted molar refractivity (Wildman–Crippen MR) is 187 cm³/mol. The molecule has 7 atom stereocenters. The van der Waals surface area contributed by atoms with Crippen molar-refractivity contribution in [1.82, 2.24) is 30.2 Å². The normalized spacial score (nSPS) is 23.1. The van der Waals surface area contributed by atoms with Gasteiger partial charge in [0.1, 0.15) is 42.0 Å². The number of Topliss-reactive ketones (excluding diaryl/α,β-unsaturated/α-hetero) is 1. The van der Waals surface area contributed by atoms with Crippen molar-refractivity contribution in [2.75, 3.05) is 37.8 Å². The number of imidazole rings is 1. The van der Waals surface area contributed by atoms with Crippen LogP contribution in [0.1, 0.15) is 40.5 Å². The quantitative estimate of drug-likeness (QED) is 0.0405. The number of rotatable bonds is 21. The number of nitrogens with one attached hydrogen (secondary N) is 2. The van der Waals surface area contributed by atoms with E-state index < -0.39 is 84.1 Å². The van der Waals surface area contributed by atoms with Gasteiger partial charge in [0.25, 0.3) is 0 Å². The van der Waals surface area contributed by atoms with Crippen LogP contribution >= 0.6 is 35.2 Å². The summed E-state index contributed by atoms with van der Waals surface area (Å²) in [5.41, 5.74) is 2.26. The molecule has 0 saturated carbocycles. The minimum absolute atomic E-state index is 0.0124. The smallest absolute Gasteiger partial charge is 0.385 e. The molecule has 7 unspecified atom stereocenters. The average molecular weight is 866 g/mol. The molecule has 0 spiro atoms. The summed E-state index contributed by atoms with van der Waals surface area (Å²) in [6, 6.07) is 0. The number of amides is 2. The molecule has 0 bridgehead atoms. The molecule has 1 saturated heterocycles. The number of aliphatic hydroxyl groups is 2. The zero-order chi connectivity index (χ0) is 41.6. The van der Waals surface area contributed by atoms with Crippen LogP contribution in [-0.2, 0) is 61.2 Å². The molecule has 3 heterocycles. The van der Waals surface area contributed by atoms with Crippen LogP contribution < -0.4 is 16.4 Å². The highest BCUT2D eigenvalue weighted by Gasteiger charge is 2.57. The fraction of sp³-hybridized carbons (Fsp3) is 0.654. The van der Waals surface area contributed by atoms with Gasteiger partial charge in [0.2, 0.25) is 11.8 Å². The van der Waals surface area contributed by atoms with E-state index in [9.17, 15) is 62.7 Å². The number of thioether (sulfide) groups is 1. The molecule has 2 amide bonds. The third-order valence-electron chi connectivity index (χ3n) is 7.64. The van der Waals surface area contributed by atoms with Crippen LogP contribution in [-0.4, -0.2) is 128 Å². The Labute approximate surface area is 316 Å². The molecule has 2 aromatic heterocycles. The van der Waals surface area contributed by atoms with Gasteiger partial charge in [-0.25, -0.2) is 28.6 Å². The standard InChI is InChI=1S/C26H42N7O18P3S/c1-14(34)9-17(36)55-8-7-28-16(35)5-6-29-24(39)21(38)25(2,3)11-48-54(45,46)51-53(43,44)47-10-15-19(50-52(40,41)42)20(37)26(4,49-15)33-13-32-18-22(27)30-12-31-23(18)33/h12-13,15,19-21,37-38H,5-11H2,1-4H3,(H,28,35)(H,29,39)(H,43,44)(H,45,46)(H2,27,30,31)(H2,40,41,42). The summed E-state index contributed by atoms with van der Waals surface area (Å²) in [6.07, 6.45) is -5.82. The molecule has 1 aliphatic rings. The first-order chi connectivity index (χ1) is 25.3. The van der Waals surface area contributed by atoms with Crippen molar-refractivity contribution >= 4 is 74.9 Å². The molecule has 55 heavy (non-hydrogen) atoms. The number of ether oxygens (including phenoxy) is 1. The van der Waals surface area contributed by atoms with Crippen molar-refractivity contribution in [2.24, 2.45) is 5.41 Å². The van der Waals surface area contributed by atoms with Crippen LogP contribution in [0.15, 0.2) is 12.7 Å². The van der Waals surface area contributed by atoms with Crippen molar-refractivity contribution in [2.45, 2.75) is 70.7 Å². The van der Waals surface area contributed by atoms with E-state index in [2.05, 4.69) is 29.9 Å². The highest BCUT2D eigenvalue weighted by molar-refractivity contribution is 8.13. The number of nitrogen functional groups attached to an aromatic ring is 1. The first kappa shape index (κ1) is 46.6. The Balaban J connectivity index is 1.54. The van der Waals surface area contributed by atoms with E-state index in [4.69, 9.17) is 24.0 Å². The van der Waals surface area contributed by atoms with Gasteiger partial charge in [0.05, 0.1) is 26.0 Å². The third kappa shape index (κ3) is 13.4. The zero-order valence-corrected chi connectivity index (χ0v) is 33.1. The molecular formula is C26H42N7O18P3S. The van der Waals surface area contributed by atoms with Gasteiger partial charge in [-0.1, -0.05) is 25.6 Å².